The number of nitrogens with zero attached hydrogens (tertiary/aromatic N) is 1. The van der Waals surface area contributed by atoms with E-state index in [2.05, 4.69) is 16.0 Å². The third-order valence-electron chi connectivity index (χ3n) is 4.10. The third-order valence-corrected chi connectivity index (χ3v) is 4.10. The summed E-state index contributed by atoms with van der Waals surface area (Å²) in [5, 5.41) is 6.27. The lowest BCUT2D eigenvalue weighted by Crippen LogP contribution is -2.30. The molecule has 0 fully saturated rings. The Balaban J connectivity index is 2.10. The fourth-order valence-corrected chi connectivity index (χ4v) is 2.61. The number of hydrogen-bond donors (Lipinski definition) is 2. The summed E-state index contributed by atoms with van der Waals surface area (Å²) in [6, 6.07) is 12.0. The van der Waals surface area contributed by atoms with E-state index in [0.29, 0.717) is 16.7 Å². The van der Waals surface area contributed by atoms with Crippen molar-refractivity contribution in [1.29, 1.82) is 0 Å². The van der Waals surface area contributed by atoms with Crippen molar-refractivity contribution in [3.8, 4) is 0 Å². The number of amides is 1. The summed E-state index contributed by atoms with van der Waals surface area (Å²) in [5.74, 6) is -0.419. The maximum atomic E-state index is 12.9. The van der Waals surface area contributed by atoms with Crippen LogP contribution in [0.3, 0.4) is 0 Å². The summed E-state index contributed by atoms with van der Waals surface area (Å²) in [4.78, 5) is 22.3. The largest absolute Gasteiger partial charge is 0.416 e. The predicted molar refractivity (Wildman–Crippen MR) is 102 cm³/mol. The van der Waals surface area contributed by atoms with Crippen molar-refractivity contribution in [3.05, 3.63) is 70.8 Å². The zero-order chi connectivity index (χ0) is 21.4. The Morgan fingerprint density at radius 2 is 1.90 bits per heavy atom. The number of nitrogens with one attached hydrogen (secondary N) is 2. The molecule has 29 heavy (non-hydrogen) atoms. The number of alkyl halides is 3. The van der Waals surface area contributed by atoms with Gasteiger partial charge in [-0.2, -0.15) is 18.7 Å². The Bertz CT molecular complexity index is 869. The Hall–Kier alpha value is -2.91. The van der Waals surface area contributed by atoms with Crippen LogP contribution in [0.25, 0.3) is 0 Å². The minimum absolute atomic E-state index is 0.0957. The van der Waals surface area contributed by atoms with E-state index in [-0.39, 0.29) is 12.3 Å². The summed E-state index contributed by atoms with van der Waals surface area (Å²) in [7, 11) is 2.82. The highest BCUT2D eigenvalue weighted by molar-refractivity contribution is 6.45. The van der Waals surface area contributed by atoms with Gasteiger partial charge in [0, 0.05) is 19.2 Å². The van der Waals surface area contributed by atoms with Crippen molar-refractivity contribution in [3.63, 3.8) is 0 Å². The molecule has 0 aliphatic rings. The van der Waals surface area contributed by atoms with Crippen molar-refractivity contribution in [2.24, 2.45) is 5.16 Å². The molecule has 0 bridgehead atoms. The van der Waals surface area contributed by atoms with Crippen LogP contribution in [0.2, 0.25) is 0 Å². The molecule has 6 nitrogen and oxygen atoms in total. The molecule has 0 aliphatic carbocycles. The molecule has 0 spiro atoms. The Labute approximate surface area is 166 Å². The molecule has 1 atom stereocenters. The van der Waals surface area contributed by atoms with E-state index in [9.17, 15) is 18.0 Å². The molecule has 0 saturated heterocycles. The molecule has 2 rings (SSSR count). The Morgan fingerprint density at radius 1 is 1.17 bits per heavy atom. The molecule has 0 heterocycles. The van der Waals surface area contributed by atoms with Gasteiger partial charge >= 0.3 is 6.18 Å². The first-order valence-corrected chi connectivity index (χ1v) is 8.75. The van der Waals surface area contributed by atoms with Gasteiger partial charge in [-0.1, -0.05) is 41.6 Å². The smallest absolute Gasteiger partial charge is 0.398 e. The molecule has 1 unspecified atom stereocenters. The zero-order valence-corrected chi connectivity index (χ0v) is 16.2. The number of carbonyl (C=O) groups excluding carboxylic acids is 1. The second kappa shape index (κ2) is 10.0. The van der Waals surface area contributed by atoms with Gasteiger partial charge in [0.05, 0.1) is 5.56 Å². The first-order chi connectivity index (χ1) is 13.8. The average Bonchev–Trinajstić information content (AvgIpc) is 2.71. The highest BCUT2D eigenvalue weighted by Gasteiger charge is 2.30. The normalized spacial score (nSPS) is 13.1. The van der Waals surface area contributed by atoms with Crippen LogP contribution in [-0.4, -0.2) is 25.8 Å². The minimum Gasteiger partial charge on any atom is -0.398 e. The monoisotopic (exact) mass is 409 g/mol. The van der Waals surface area contributed by atoms with E-state index in [1.54, 1.807) is 37.3 Å². The number of oxime groups is 1. The van der Waals surface area contributed by atoms with Crippen molar-refractivity contribution in [1.82, 2.24) is 10.8 Å². The van der Waals surface area contributed by atoms with Crippen LogP contribution in [0.1, 0.15) is 35.3 Å². The van der Waals surface area contributed by atoms with Crippen molar-refractivity contribution < 1.29 is 27.6 Å². The summed E-state index contributed by atoms with van der Waals surface area (Å²) in [5.41, 5.74) is 3.72. The topological polar surface area (TPSA) is 72.0 Å². The van der Waals surface area contributed by atoms with Crippen LogP contribution < -0.4 is 10.8 Å². The number of carbonyl (C=O) groups is 1. The molecule has 0 aromatic heterocycles. The summed E-state index contributed by atoms with van der Waals surface area (Å²) in [6.07, 6.45) is -5.05. The van der Waals surface area contributed by atoms with Gasteiger partial charge in [-0.3, -0.25) is 9.63 Å². The van der Waals surface area contributed by atoms with Crippen LogP contribution in [0.5, 0.6) is 0 Å². The van der Waals surface area contributed by atoms with E-state index >= 15 is 0 Å². The molecule has 0 aliphatic heterocycles. The predicted octanol–water partition coefficient (Wildman–Crippen LogP) is 3.58. The lowest BCUT2D eigenvalue weighted by molar-refractivity contribution is -0.137. The fraction of sp³-hybridized carbons (Fsp3) is 0.300. The van der Waals surface area contributed by atoms with Gasteiger partial charge in [0.25, 0.3) is 5.91 Å². The maximum absolute atomic E-state index is 12.9. The number of benzene rings is 2. The van der Waals surface area contributed by atoms with Crippen molar-refractivity contribution >= 4 is 11.6 Å². The number of rotatable bonds is 8. The number of hydrogen-bond acceptors (Lipinski definition) is 5. The standard InChI is InChI=1S/C20H22F3N3O3/c1-13(14-8-6-9-16(11-14)20(21,22)23)29-25-12-15-7-4-5-10-17(15)18(26-28-3)19(27)24-2/h4-11,13,25H,12H2,1-3H3,(H,24,27)/b26-18+. The van der Waals surface area contributed by atoms with E-state index < -0.39 is 23.8 Å². The van der Waals surface area contributed by atoms with Crippen molar-refractivity contribution in [2.75, 3.05) is 14.2 Å². The SMILES string of the molecule is CNC(=O)/C(=N/OC)c1ccccc1CNOC(C)c1cccc(C(F)(F)F)c1. The van der Waals surface area contributed by atoms with E-state index in [0.717, 1.165) is 12.1 Å². The molecule has 2 aromatic rings. The molecule has 2 aromatic carbocycles. The van der Waals surface area contributed by atoms with Crippen molar-refractivity contribution in [2.45, 2.75) is 25.7 Å². The number of likely N-dealkylation sites (N-methyl/N-ethyl adjacent to an activating group) is 1. The van der Waals surface area contributed by atoms with Crippen LogP contribution in [-0.2, 0) is 27.2 Å². The van der Waals surface area contributed by atoms with Gasteiger partial charge in [-0.25, -0.2) is 0 Å². The minimum atomic E-state index is -4.42. The molecule has 2 N–H and O–H groups in total. The maximum Gasteiger partial charge on any atom is 0.416 e. The number of hydroxylamine groups is 1. The van der Waals surface area contributed by atoms with Crippen LogP contribution in [0.15, 0.2) is 53.7 Å². The average molecular weight is 409 g/mol. The second-order valence-electron chi connectivity index (χ2n) is 6.06. The van der Waals surface area contributed by atoms with E-state index in [1.165, 1.54) is 20.2 Å². The van der Waals surface area contributed by atoms with Gasteiger partial charge in [-0.05, 0) is 30.2 Å². The highest BCUT2D eigenvalue weighted by Crippen LogP contribution is 2.31. The fourth-order valence-electron chi connectivity index (χ4n) is 2.61. The summed E-state index contributed by atoms with van der Waals surface area (Å²) < 4.78 is 38.6. The Kier molecular flexibility index (Phi) is 7.74. The first kappa shape index (κ1) is 22.4. The molecule has 1 amide bonds. The van der Waals surface area contributed by atoms with Gasteiger partial charge in [0.2, 0.25) is 0 Å². The van der Waals surface area contributed by atoms with E-state index in [4.69, 9.17) is 9.68 Å². The lowest BCUT2D eigenvalue weighted by Gasteiger charge is -2.17. The molecule has 156 valence electrons. The van der Waals surface area contributed by atoms with Crippen LogP contribution in [0.4, 0.5) is 13.2 Å². The molecular weight excluding hydrogens is 387 g/mol. The van der Waals surface area contributed by atoms with Crippen LogP contribution >= 0.6 is 0 Å². The van der Waals surface area contributed by atoms with Crippen LogP contribution in [0, 0.1) is 0 Å². The first-order valence-electron chi connectivity index (χ1n) is 8.75. The summed E-state index contributed by atoms with van der Waals surface area (Å²) >= 11 is 0. The van der Waals surface area contributed by atoms with Gasteiger partial charge in [0.15, 0.2) is 5.71 Å². The second-order valence-corrected chi connectivity index (χ2v) is 6.06. The number of halogens is 3. The Morgan fingerprint density at radius 3 is 2.55 bits per heavy atom. The van der Waals surface area contributed by atoms with Gasteiger partial charge in [0.1, 0.15) is 13.2 Å². The molecular formula is C20H22F3N3O3. The third kappa shape index (κ3) is 6.03. The highest BCUT2D eigenvalue weighted by atomic mass is 19.4. The van der Waals surface area contributed by atoms with Gasteiger partial charge < -0.3 is 10.2 Å². The van der Waals surface area contributed by atoms with E-state index in [1.807, 2.05) is 0 Å². The summed E-state index contributed by atoms with van der Waals surface area (Å²) in [6.45, 7) is 1.83. The molecule has 0 saturated carbocycles. The quantitative estimate of drug-likeness (QED) is 0.516. The van der Waals surface area contributed by atoms with Gasteiger partial charge in [-0.15, -0.1) is 0 Å². The lowest BCUT2D eigenvalue weighted by atomic mass is 10.0. The molecule has 0 radical (unpaired) electrons. The zero-order valence-electron chi connectivity index (χ0n) is 16.2. The molecule has 9 heteroatoms.